The summed E-state index contributed by atoms with van der Waals surface area (Å²) in [5, 5.41) is 5.98. The zero-order valence-corrected chi connectivity index (χ0v) is 5.57. The van der Waals surface area contributed by atoms with E-state index in [1.807, 2.05) is 0 Å². The van der Waals surface area contributed by atoms with Crippen LogP contribution in [-0.2, 0) is 11.3 Å². The van der Waals surface area contributed by atoms with E-state index in [9.17, 15) is 9.59 Å². The third-order valence-corrected chi connectivity index (χ3v) is 1.50. The lowest BCUT2D eigenvalue weighted by atomic mass is 10.3. The lowest BCUT2D eigenvalue weighted by Gasteiger charge is -2.11. The van der Waals surface area contributed by atoms with Crippen LogP contribution >= 0.6 is 0 Å². The molecule has 1 aromatic rings. The predicted octanol–water partition coefficient (Wildman–Crippen LogP) is -0.847. The Morgan fingerprint density at radius 1 is 1.55 bits per heavy atom. The number of nitrogens with zero attached hydrogens (tertiary/aromatic N) is 2. The van der Waals surface area contributed by atoms with E-state index in [2.05, 4.69) is 10.4 Å². The molecule has 2 heterocycles. The fourth-order valence-corrected chi connectivity index (χ4v) is 1.02. The summed E-state index contributed by atoms with van der Waals surface area (Å²) in [6.07, 6.45) is 1.49. The molecule has 0 bridgehead atoms. The molecule has 0 radical (unpaired) electrons. The predicted molar refractivity (Wildman–Crippen MR) is 34.7 cm³/mol. The first-order valence-electron chi connectivity index (χ1n) is 3.13. The SMILES string of the molecule is O=C1Cn2nccc2C(=O)N1. The number of rotatable bonds is 0. The molecular formula is C6H5N3O2. The molecule has 5 nitrogen and oxygen atoms in total. The van der Waals surface area contributed by atoms with Crippen LogP contribution < -0.4 is 5.32 Å². The minimum atomic E-state index is -0.376. The number of aromatic nitrogens is 2. The number of carbonyl (C=O) groups is 2. The first-order valence-corrected chi connectivity index (χ1v) is 3.13. The highest BCUT2D eigenvalue weighted by Crippen LogP contribution is 2.02. The summed E-state index contributed by atoms with van der Waals surface area (Å²) in [5.74, 6) is -0.690. The van der Waals surface area contributed by atoms with Crippen LogP contribution in [0.3, 0.4) is 0 Å². The number of nitrogens with one attached hydrogen (secondary N) is 1. The summed E-state index contributed by atoms with van der Waals surface area (Å²) in [6.45, 7) is 0.133. The second kappa shape index (κ2) is 1.91. The van der Waals surface area contributed by atoms with Crippen molar-refractivity contribution in [2.75, 3.05) is 0 Å². The zero-order valence-electron chi connectivity index (χ0n) is 5.57. The molecule has 0 unspecified atom stereocenters. The van der Waals surface area contributed by atoms with Gasteiger partial charge in [0, 0.05) is 6.20 Å². The number of carbonyl (C=O) groups excluding carboxylic acids is 2. The van der Waals surface area contributed by atoms with Crippen molar-refractivity contribution in [3.63, 3.8) is 0 Å². The number of hydrogen-bond donors (Lipinski definition) is 1. The number of imide groups is 1. The molecule has 1 N–H and O–H groups in total. The Morgan fingerprint density at radius 3 is 3.18 bits per heavy atom. The zero-order chi connectivity index (χ0) is 7.84. The van der Waals surface area contributed by atoms with Crippen molar-refractivity contribution in [2.24, 2.45) is 0 Å². The summed E-state index contributed by atoms with van der Waals surface area (Å²) in [6, 6.07) is 1.57. The van der Waals surface area contributed by atoms with Crippen LogP contribution in [0, 0.1) is 0 Å². The van der Waals surface area contributed by atoms with Crippen molar-refractivity contribution in [1.29, 1.82) is 0 Å². The fourth-order valence-electron chi connectivity index (χ4n) is 1.02. The number of hydrogen-bond acceptors (Lipinski definition) is 3. The van der Waals surface area contributed by atoms with E-state index in [1.165, 1.54) is 10.9 Å². The van der Waals surface area contributed by atoms with Crippen LogP contribution in [0.5, 0.6) is 0 Å². The Hall–Kier alpha value is -1.65. The van der Waals surface area contributed by atoms with Gasteiger partial charge >= 0.3 is 0 Å². The van der Waals surface area contributed by atoms with Crippen molar-refractivity contribution >= 4 is 11.8 Å². The largest absolute Gasteiger partial charge is 0.289 e. The van der Waals surface area contributed by atoms with E-state index in [0.717, 1.165) is 0 Å². The lowest BCUT2D eigenvalue weighted by Crippen LogP contribution is -2.40. The first-order chi connectivity index (χ1) is 5.27. The van der Waals surface area contributed by atoms with Crippen LogP contribution in [0.15, 0.2) is 12.3 Å². The second-order valence-corrected chi connectivity index (χ2v) is 2.25. The average Bonchev–Trinajstić information content (AvgIpc) is 2.34. The number of amides is 2. The second-order valence-electron chi connectivity index (χ2n) is 2.25. The standard InChI is InChI=1S/C6H5N3O2/c10-5-3-9-4(1-2-7-9)6(11)8-5/h1-2H,3H2,(H,8,10,11). The molecule has 1 aliphatic heterocycles. The number of fused-ring (bicyclic) bond motifs is 1. The van der Waals surface area contributed by atoms with Gasteiger partial charge in [0.05, 0.1) is 0 Å². The molecule has 0 saturated heterocycles. The minimum Gasteiger partial charge on any atom is -0.289 e. The summed E-state index contributed by atoms with van der Waals surface area (Å²) < 4.78 is 1.38. The topological polar surface area (TPSA) is 64.0 Å². The Balaban J connectivity index is 2.52. The maximum atomic E-state index is 11.0. The van der Waals surface area contributed by atoms with E-state index >= 15 is 0 Å². The summed E-state index contributed by atoms with van der Waals surface area (Å²) >= 11 is 0. The molecule has 56 valence electrons. The van der Waals surface area contributed by atoms with Gasteiger partial charge in [-0.15, -0.1) is 0 Å². The smallest absolute Gasteiger partial charge is 0.276 e. The molecule has 0 fully saturated rings. The Bertz CT molecular complexity index is 328. The molecule has 1 aromatic heterocycles. The average molecular weight is 151 g/mol. The van der Waals surface area contributed by atoms with Crippen molar-refractivity contribution < 1.29 is 9.59 Å². The molecule has 1 aliphatic rings. The van der Waals surface area contributed by atoms with Gasteiger partial charge in [-0.1, -0.05) is 0 Å². The van der Waals surface area contributed by atoms with Gasteiger partial charge in [0.2, 0.25) is 5.91 Å². The van der Waals surface area contributed by atoms with E-state index in [4.69, 9.17) is 0 Å². The molecule has 11 heavy (non-hydrogen) atoms. The van der Waals surface area contributed by atoms with Gasteiger partial charge in [-0.05, 0) is 6.07 Å². The highest BCUT2D eigenvalue weighted by molar-refractivity contribution is 6.05. The van der Waals surface area contributed by atoms with Crippen molar-refractivity contribution in [3.8, 4) is 0 Å². The third kappa shape index (κ3) is 0.813. The van der Waals surface area contributed by atoms with Crippen LogP contribution in [0.25, 0.3) is 0 Å². The summed E-state index contributed by atoms with van der Waals surface area (Å²) in [5.41, 5.74) is 0.435. The molecular weight excluding hydrogens is 146 g/mol. The highest BCUT2D eigenvalue weighted by atomic mass is 16.2. The quantitative estimate of drug-likeness (QED) is 0.491. The highest BCUT2D eigenvalue weighted by Gasteiger charge is 2.21. The normalized spacial score (nSPS) is 16.0. The van der Waals surface area contributed by atoms with Gasteiger partial charge in [-0.3, -0.25) is 19.6 Å². The van der Waals surface area contributed by atoms with Gasteiger partial charge in [0.25, 0.3) is 5.91 Å². The van der Waals surface area contributed by atoms with Gasteiger partial charge < -0.3 is 0 Å². The third-order valence-electron chi connectivity index (χ3n) is 1.50. The van der Waals surface area contributed by atoms with Gasteiger partial charge in [0.15, 0.2) is 0 Å². The molecule has 2 rings (SSSR count). The minimum absolute atomic E-state index is 0.133. The van der Waals surface area contributed by atoms with Crippen molar-refractivity contribution in [3.05, 3.63) is 18.0 Å². The molecule has 0 atom stereocenters. The Morgan fingerprint density at radius 2 is 2.36 bits per heavy atom. The summed E-state index contributed by atoms with van der Waals surface area (Å²) in [4.78, 5) is 21.7. The van der Waals surface area contributed by atoms with Crippen LogP contribution in [0.4, 0.5) is 0 Å². The summed E-state index contributed by atoms with van der Waals surface area (Å²) in [7, 11) is 0. The molecule has 5 heteroatoms. The van der Waals surface area contributed by atoms with E-state index in [1.54, 1.807) is 6.07 Å². The monoisotopic (exact) mass is 151 g/mol. The van der Waals surface area contributed by atoms with Crippen LogP contribution in [0.1, 0.15) is 10.5 Å². The van der Waals surface area contributed by atoms with E-state index in [-0.39, 0.29) is 18.4 Å². The molecule has 0 saturated carbocycles. The van der Waals surface area contributed by atoms with Crippen LogP contribution in [0.2, 0.25) is 0 Å². The molecule has 0 aliphatic carbocycles. The van der Waals surface area contributed by atoms with Crippen LogP contribution in [-0.4, -0.2) is 21.6 Å². The van der Waals surface area contributed by atoms with Gasteiger partial charge in [-0.2, -0.15) is 5.10 Å². The maximum Gasteiger partial charge on any atom is 0.276 e. The molecule has 0 spiro atoms. The van der Waals surface area contributed by atoms with E-state index in [0.29, 0.717) is 5.69 Å². The lowest BCUT2D eigenvalue weighted by molar-refractivity contribution is -0.121. The molecule has 0 aromatic carbocycles. The van der Waals surface area contributed by atoms with Crippen molar-refractivity contribution in [2.45, 2.75) is 6.54 Å². The van der Waals surface area contributed by atoms with Crippen molar-refractivity contribution in [1.82, 2.24) is 15.1 Å². The first kappa shape index (κ1) is 6.09. The Kier molecular flexibility index (Phi) is 1.06. The van der Waals surface area contributed by atoms with E-state index < -0.39 is 0 Å². The maximum absolute atomic E-state index is 11.0. The van der Waals surface area contributed by atoms with Gasteiger partial charge in [0.1, 0.15) is 12.2 Å². The van der Waals surface area contributed by atoms with Gasteiger partial charge in [-0.25, -0.2) is 0 Å². The Labute approximate surface area is 62.0 Å². The molecule has 2 amide bonds. The fraction of sp³-hybridized carbons (Fsp3) is 0.167.